The van der Waals surface area contributed by atoms with Crippen LogP contribution in [0.25, 0.3) is 0 Å². The maximum absolute atomic E-state index is 12.3. The van der Waals surface area contributed by atoms with E-state index in [4.69, 9.17) is 25.8 Å². The summed E-state index contributed by atoms with van der Waals surface area (Å²) in [6.45, 7) is 1.50. The van der Waals surface area contributed by atoms with Crippen LogP contribution in [-0.4, -0.2) is 32.2 Å². The average molecular weight is 378 g/mol. The topological polar surface area (TPSA) is 73.9 Å². The molecule has 138 valence electrons. The molecule has 2 aromatic carbocycles. The highest BCUT2D eigenvalue weighted by Crippen LogP contribution is 2.29. The zero-order valence-electron chi connectivity index (χ0n) is 14.7. The first-order chi connectivity index (χ1) is 12.4. The number of hydrogen-bond acceptors (Lipinski definition) is 5. The third-order valence-corrected chi connectivity index (χ3v) is 3.86. The lowest BCUT2D eigenvalue weighted by atomic mass is 10.1. The molecule has 1 N–H and O–H groups in total. The van der Waals surface area contributed by atoms with Crippen LogP contribution in [-0.2, 0) is 20.7 Å². The lowest BCUT2D eigenvalue weighted by Crippen LogP contribution is -2.30. The van der Waals surface area contributed by atoms with Gasteiger partial charge in [0, 0.05) is 11.1 Å². The number of hydrogen-bond donors (Lipinski definition) is 1. The molecule has 0 fully saturated rings. The van der Waals surface area contributed by atoms with Crippen LogP contribution in [0.2, 0.25) is 5.02 Å². The molecule has 7 heteroatoms. The molecule has 0 radical (unpaired) electrons. The summed E-state index contributed by atoms with van der Waals surface area (Å²) in [4.78, 5) is 24.3. The van der Waals surface area contributed by atoms with E-state index in [1.165, 1.54) is 21.1 Å². The van der Waals surface area contributed by atoms with Crippen LogP contribution in [0.15, 0.2) is 42.5 Å². The molecule has 0 bridgehead atoms. The van der Waals surface area contributed by atoms with Gasteiger partial charge < -0.3 is 19.5 Å². The van der Waals surface area contributed by atoms with Crippen LogP contribution < -0.4 is 14.8 Å². The van der Waals surface area contributed by atoms with Gasteiger partial charge in [-0.25, -0.2) is 0 Å². The van der Waals surface area contributed by atoms with E-state index in [0.29, 0.717) is 22.2 Å². The Kier molecular flexibility index (Phi) is 6.86. The monoisotopic (exact) mass is 377 g/mol. The Morgan fingerprint density at radius 3 is 2.38 bits per heavy atom. The number of carbonyl (C=O) groups excluding carboxylic acids is 2. The minimum atomic E-state index is -0.967. The molecule has 6 nitrogen and oxygen atoms in total. The van der Waals surface area contributed by atoms with Crippen molar-refractivity contribution in [3.05, 3.63) is 53.1 Å². The predicted octanol–water partition coefficient (Wildman–Crippen LogP) is 3.47. The van der Waals surface area contributed by atoms with Gasteiger partial charge in [0.15, 0.2) is 6.10 Å². The molecule has 0 aromatic heterocycles. The van der Waals surface area contributed by atoms with Gasteiger partial charge in [0.2, 0.25) is 0 Å². The Labute approximate surface area is 157 Å². The molecule has 0 heterocycles. The molecule has 1 amide bonds. The van der Waals surface area contributed by atoms with Crippen molar-refractivity contribution < 1.29 is 23.8 Å². The van der Waals surface area contributed by atoms with Crippen LogP contribution in [0, 0.1) is 0 Å². The van der Waals surface area contributed by atoms with Gasteiger partial charge in [-0.15, -0.1) is 0 Å². The number of ether oxygens (including phenoxy) is 3. The van der Waals surface area contributed by atoms with Gasteiger partial charge >= 0.3 is 5.97 Å². The number of benzene rings is 2. The Hall–Kier alpha value is -2.73. The van der Waals surface area contributed by atoms with Crippen molar-refractivity contribution in [2.45, 2.75) is 19.4 Å². The summed E-state index contributed by atoms with van der Waals surface area (Å²) in [5.74, 6) is 0.0564. The van der Waals surface area contributed by atoms with Crippen LogP contribution in [0.1, 0.15) is 12.5 Å². The first-order valence-electron chi connectivity index (χ1n) is 7.89. The van der Waals surface area contributed by atoms with Gasteiger partial charge in [0.05, 0.1) is 26.3 Å². The summed E-state index contributed by atoms with van der Waals surface area (Å²) < 4.78 is 15.5. The van der Waals surface area contributed by atoms with Gasteiger partial charge in [-0.3, -0.25) is 9.59 Å². The summed E-state index contributed by atoms with van der Waals surface area (Å²) in [6.07, 6.45) is -0.914. The number of esters is 1. The minimum Gasteiger partial charge on any atom is -0.497 e. The quantitative estimate of drug-likeness (QED) is 0.748. The highest BCUT2D eigenvalue weighted by molar-refractivity contribution is 6.30. The van der Waals surface area contributed by atoms with Gasteiger partial charge in [-0.05, 0) is 36.8 Å². The van der Waals surface area contributed by atoms with E-state index in [2.05, 4.69) is 5.32 Å². The normalized spacial score (nSPS) is 11.4. The highest BCUT2D eigenvalue weighted by atomic mass is 35.5. The minimum absolute atomic E-state index is 0.0528. The third kappa shape index (κ3) is 5.39. The molecule has 0 aliphatic heterocycles. The fraction of sp³-hybridized carbons (Fsp3) is 0.263. The number of anilines is 1. The maximum atomic E-state index is 12.3. The van der Waals surface area contributed by atoms with Crippen LogP contribution >= 0.6 is 11.6 Å². The van der Waals surface area contributed by atoms with Crippen molar-refractivity contribution in [1.29, 1.82) is 0 Å². The molecular formula is C19H20ClNO5. The number of carbonyl (C=O) groups is 2. The van der Waals surface area contributed by atoms with Crippen LogP contribution in [0.5, 0.6) is 11.5 Å². The number of nitrogens with one attached hydrogen (secondary N) is 1. The number of halogens is 1. The molecule has 0 saturated carbocycles. The van der Waals surface area contributed by atoms with Gasteiger partial charge in [-0.2, -0.15) is 0 Å². The van der Waals surface area contributed by atoms with Gasteiger partial charge in [0.1, 0.15) is 11.5 Å². The van der Waals surface area contributed by atoms with Gasteiger partial charge in [0.25, 0.3) is 5.91 Å². The third-order valence-electron chi connectivity index (χ3n) is 3.60. The zero-order chi connectivity index (χ0) is 19.1. The fourth-order valence-electron chi connectivity index (χ4n) is 2.21. The van der Waals surface area contributed by atoms with Crippen LogP contribution in [0.3, 0.4) is 0 Å². The van der Waals surface area contributed by atoms with E-state index in [9.17, 15) is 9.59 Å². The smallest absolute Gasteiger partial charge is 0.311 e. The van der Waals surface area contributed by atoms with E-state index < -0.39 is 18.0 Å². The standard InChI is InChI=1S/C19H20ClNO5/c1-12(26-18(22)10-13-4-6-14(20)7-5-13)19(23)21-16-11-15(24-2)8-9-17(16)25-3/h4-9,11-12H,10H2,1-3H3,(H,21,23). The first-order valence-corrected chi connectivity index (χ1v) is 8.27. The summed E-state index contributed by atoms with van der Waals surface area (Å²) in [6, 6.07) is 11.9. The molecule has 2 aromatic rings. The molecule has 26 heavy (non-hydrogen) atoms. The zero-order valence-corrected chi connectivity index (χ0v) is 15.5. The Morgan fingerprint density at radius 1 is 1.08 bits per heavy atom. The van der Waals surface area contributed by atoms with Crippen molar-refractivity contribution in [2.24, 2.45) is 0 Å². The van der Waals surface area contributed by atoms with E-state index in [1.807, 2.05) is 0 Å². The Bertz CT molecular complexity index is 776. The lowest BCUT2D eigenvalue weighted by molar-refractivity contribution is -0.152. The van der Waals surface area contributed by atoms with E-state index >= 15 is 0 Å². The summed E-state index contributed by atoms with van der Waals surface area (Å²) in [5.41, 5.74) is 1.18. The van der Waals surface area contributed by atoms with Crippen molar-refractivity contribution in [2.75, 3.05) is 19.5 Å². The van der Waals surface area contributed by atoms with Crippen molar-refractivity contribution in [3.63, 3.8) is 0 Å². The van der Waals surface area contributed by atoms with Crippen LogP contribution in [0.4, 0.5) is 5.69 Å². The van der Waals surface area contributed by atoms with Crippen molar-refractivity contribution in [3.8, 4) is 11.5 Å². The molecule has 1 atom stereocenters. The number of rotatable bonds is 7. The first kappa shape index (κ1) is 19.6. The van der Waals surface area contributed by atoms with Crippen molar-refractivity contribution in [1.82, 2.24) is 0 Å². The molecule has 0 aliphatic carbocycles. The van der Waals surface area contributed by atoms with E-state index in [1.54, 1.807) is 42.5 Å². The second kappa shape index (κ2) is 9.10. The van der Waals surface area contributed by atoms with E-state index in [0.717, 1.165) is 5.56 Å². The predicted molar refractivity (Wildman–Crippen MR) is 98.9 cm³/mol. The molecular weight excluding hydrogens is 358 g/mol. The molecule has 2 rings (SSSR count). The Morgan fingerprint density at radius 2 is 1.77 bits per heavy atom. The number of amides is 1. The second-order valence-electron chi connectivity index (χ2n) is 5.49. The highest BCUT2D eigenvalue weighted by Gasteiger charge is 2.19. The molecule has 1 unspecified atom stereocenters. The fourth-order valence-corrected chi connectivity index (χ4v) is 2.33. The maximum Gasteiger partial charge on any atom is 0.311 e. The SMILES string of the molecule is COc1ccc(OC)c(NC(=O)C(C)OC(=O)Cc2ccc(Cl)cc2)c1. The molecule has 0 spiro atoms. The lowest BCUT2D eigenvalue weighted by Gasteiger charge is -2.16. The molecule has 0 saturated heterocycles. The molecule has 0 aliphatic rings. The average Bonchev–Trinajstić information content (AvgIpc) is 2.63. The number of methoxy groups -OCH3 is 2. The Balaban J connectivity index is 1.96. The summed E-state index contributed by atoms with van der Waals surface area (Å²) in [5, 5.41) is 3.26. The van der Waals surface area contributed by atoms with E-state index in [-0.39, 0.29) is 6.42 Å². The summed E-state index contributed by atoms with van der Waals surface area (Å²) in [7, 11) is 3.02. The van der Waals surface area contributed by atoms with Crippen molar-refractivity contribution >= 4 is 29.2 Å². The second-order valence-corrected chi connectivity index (χ2v) is 5.93. The summed E-state index contributed by atoms with van der Waals surface area (Å²) >= 11 is 5.81. The largest absolute Gasteiger partial charge is 0.497 e. The van der Waals surface area contributed by atoms with Gasteiger partial charge in [-0.1, -0.05) is 23.7 Å².